The lowest BCUT2D eigenvalue weighted by Crippen LogP contribution is -2.43. The van der Waals surface area contributed by atoms with Gasteiger partial charge in [0.05, 0.1) is 12.8 Å². The molecule has 150 valence electrons. The Kier molecular flexibility index (Phi) is 4.81. The van der Waals surface area contributed by atoms with Crippen molar-refractivity contribution in [3.63, 3.8) is 0 Å². The first-order valence-electron chi connectivity index (χ1n) is 10.1. The number of Topliss-reactive ketones (excluding diaryl/α,β-unsaturated/α-hetero) is 1. The number of carbonyl (C=O) groups excluding carboxylic acids is 2. The molecule has 0 N–H and O–H groups in total. The molecule has 0 bridgehead atoms. The SMILES string of the molecule is COc1cccc(N2C(=O)CC(c3cccc(C)c3)C3=C2CC(C)(C)CC3=O)c1. The van der Waals surface area contributed by atoms with E-state index in [4.69, 9.17) is 4.74 Å². The second-order valence-electron chi connectivity index (χ2n) is 8.90. The van der Waals surface area contributed by atoms with Crippen LogP contribution in [-0.2, 0) is 9.59 Å². The number of ether oxygens (including phenoxy) is 1. The molecule has 2 aliphatic rings. The van der Waals surface area contributed by atoms with Gasteiger partial charge in [-0.15, -0.1) is 0 Å². The Morgan fingerprint density at radius 2 is 1.79 bits per heavy atom. The number of hydrogen-bond donors (Lipinski definition) is 0. The van der Waals surface area contributed by atoms with E-state index in [1.165, 1.54) is 0 Å². The zero-order valence-corrected chi connectivity index (χ0v) is 17.5. The molecule has 0 radical (unpaired) electrons. The maximum absolute atomic E-state index is 13.4. The molecule has 0 saturated carbocycles. The summed E-state index contributed by atoms with van der Waals surface area (Å²) in [5.74, 6) is 0.694. The zero-order chi connectivity index (χ0) is 20.8. The predicted molar refractivity (Wildman–Crippen MR) is 114 cm³/mol. The molecule has 1 heterocycles. The van der Waals surface area contributed by atoms with Crippen LogP contribution in [0.1, 0.15) is 50.2 Å². The lowest BCUT2D eigenvalue weighted by atomic mass is 9.69. The van der Waals surface area contributed by atoms with Gasteiger partial charge < -0.3 is 4.74 Å². The van der Waals surface area contributed by atoms with Gasteiger partial charge in [0.25, 0.3) is 0 Å². The number of hydrogen-bond acceptors (Lipinski definition) is 3. The van der Waals surface area contributed by atoms with Crippen LogP contribution in [-0.4, -0.2) is 18.8 Å². The molecule has 4 rings (SSSR count). The summed E-state index contributed by atoms with van der Waals surface area (Å²) >= 11 is 0. The molecule has 0 aromatic heterocycles. The minimum absolute atomic E-state index is 0.0222. The summed E-state index contributed by atoms with van der Waals surface area (Å²) in [6, 6.07) is 15.7. The number of rotatable bonds is 3. The van der Waals surface area contributed by atoms with Crippen LogP contribution in [0.2, 0.25) is 0 Å². The van der Waals surface area contributed by atoms with Gasteiger partial charge in [0, 0.05) is 36.1 Å². The lowest BCUT2D eigenvalue weighted by molar-refractivity contribution is -0.121. The molecule has 1 unspecified atom stereocenters. The van der Waals surface area contributed by atoms with E-state index in [1.807, 2.05) is 49.4 Å². The van der Waals surface area contributed by atoms with Crippen molar-refractivity contribution in [2.75, 3.05) is 12.0 Å². The van der Waals surface area contributed by atoms with E-state index >= 15 is 0 Å². The van der Waals surface area contributed by atoms with Crippen LogP contribution < -0.4 is 9.64 Å². The van der Waals surface area contributed by atoms with E-state index in [2.05, 4.69) is 19.9 Å². The Morgan fingerprint density at radius 1 is 1.03 bits per heavy atom. The van der Waals surface area contributed by atoms with Gasteiger partial charge in [0.2, 0.25) is 5.91 Å². The standard InChI is InChI=1S/C25H27NO3/c1-16-7-5-8-17(11-16)20-13-23(28)26(18-9-6-10-19(12-18)29-4)21-14-25(2,3)15-22(27)24(20)21/h5-12,20H,13-15H2,1-4H3. The molecule has 2 aromatic rings. The zero-order valence-electron chi connectivity index (χ0n) is 17.5. The van der Waals surface area contributed by atoms with Crippen molar-refractivity contribution in [2.24, 2.45) is 5.41 Å². The van der Waals surface area contributed by atoms with E-state index in [0.717, 1.165) is 28.1 Å². The number of anilines is 1. The third-order valence-electron chi connectivity index (χ3n) is 5.90. The maximum Gasteiger partial charge on any atom is 0.232 e. The number of methoxy groups -OCH3 is 1. The largest absolute Gasteiger partial charge is 0.497 e. The van der Waals surface area contributed by atoms with Crippen molar-refractivity contribution < 1.29 is 14.3 Å². The molecular weight excluding hydrogens is 362 g/mol. The average Bonchev–Trinajstić information content (AvgIpc) is 2.66. The van der Waals surface area contributed by atoms with Crippen LogP contribution in [0.4, 0.5) is 5.69 Å². The maximum atomic E-state index is 13.4. The number of allylic oxidation sites excluding steroid dienone is 2. The van der Waals surface area contributed by atoms with Gasteiger partial charge in [-0.25, -0.2) is 0 Å². The third-order valence-corrected chi connectivity index (χ3v) is 5.90. The molecule has 1 atom stereocenters. The fourth-order valence-corrected chi connectivity index (χ4v) is 4.64. The monoisotopic (exact) mass is 389 g/mol. The first-order chi connectivity index (χ1) is 13.8. The molecule has 4 nitrogen and oxygen atoms in total. The Balaban J connectivity index is 1.90. The molecule has 29 heavy (non-hydrogen) atoms. The van der Waals surface area contributed by atoms with Crippen molar-refractivity contribution in [3.8, 4) is 5.75 Å². The third kappa shape index (κ3) is 3.59. The number of nitrogens with zero attached hydrogens (tertiary/aromatic N) is 1. The van der Waals surface area contributed by atoms with E-state index in [-0.39, 0.29) is 23.0 Å². The van der Waals surface area contributed by atoms with Gasteiger partial charge in [0.15, 0.2) is 5.78 Å². The quantitative estimate of drug-likeness (QED) is 0.728. The molecule has 0 fully saturated rings. The Hall–Kier alpha value is -2.88. The smallest absolute Gasteiger partial charge is 0.232 e. The van der Waals surface area contributed by atoms with Crippen LogP contribution in [0.5, 0.6) is 5.75 Å². The van der Waals surface area contributed by atoms with Gasteiger partial charge in [-0.1, -0.05) is 49.7 Å². The molecule has 1 aliphatic carbocycles. The lowest BCUT2D eigenvalue weighted by Gasteiger charge is -2.43. The second kappa shape index (κ2) is 7.18. The first-order valence-corrected chi connectivity index (χ1v) is 10.1. The molecule has 1 aliphatic heterocycles. The highest BCUT2D eigenvalue weighted by Gasteiger charge is 2.44. The Labute approximate surface area is 172 Å². The summed E-state index contributed by atoms with van der Waals surface area (Å²) in [7, 11) is 1.61. The fourth-order valence-electron chi connectivity index (χ4n) is 4.64. The second-order valence-corrected chi connectivity index (χ2v) is 8.90. The van der Waals surface area contributed by atoms with Crippen molar-refractivity contribution in [1.82, 2.24) is 0 Å². The highest BCUT2D eigenvalue weighted by Crippen LogP contribution is 2.48. The summed E-state index contributed by atoms with van der Waals surface area (Å²) < 4.78 is 5.36. The predicted octanol–water partition coefficient (Wildman–Crippen LogP) is 5.17. The summed E-state index contributed by atoms with van der Waals surface area (Å²) in [6.45, 7) is 6.23. The minimum Gasteiger partial charge on any atom is -0.497 e. The van der Waals surface area contributed by atoms with E-state index in [0.29, 0.717) is 25.0 Å². The minimum atomic E-state index is -0.179. The summed E-state index contributed by atoms with van der Waals surface area (Å²) in [5.41, 5.74) is 4.41. The van der Waals surface area contributed by atoms with E-state index in [1.54, 1.807) is 12.0 Å². The van der Waals surface area contributed by atoms with E-state index in [9.17, 15) is 9.59 Å². The highest BCUT2D eigenvalue weighted by molar-refractivity contribution is 6.07. The molecule has 0 saturated heterocycles. The van der Waals surface area contributed by atoms with Crippen molar-refractivity contribution >= 4 is 17.4 Å². The number of benzene rings is 2. The van der Waals surface area contributed by atoms with Crippen molar-refractivity contribution in [3.05, 3.63) is 70.9 Å². The first kappa shape index (κ1) is 19.4. The van der Waals surface area contributed by atoms with Crippen LogP contribution in [0.15, 0.2) is 59.8 Å². The molecule has 2 aromatic carbocycles. The van der Waals surface area contributed by atoms with Crippen LogP contribution in [0.25, 0.3) is 0 Å². The topological polar surface area (TPSA) is 46.6 Å². The van der Waals surface area contributed by atoms with Gasteiger partial charge in [-0.3, -0.25) is 14.5 Å². The number of ketones is 1. The molecular formula is C25H27NO3. The molecule has 0 spiro atoms. The summed E-state index contributed by atoms with van der Waals surface area (Å²) in [4.78, 5) is 28.4. The normalized spacial score (nSPS) is 21.2. The van der Waals surface area contributed by atoms with Gasteiger partial charge >= 0.3 is 0 Å². The summed E-state index contributed by atoms with van der Waals surface area (Å²) in [6.07, 6.45) is 1.50. The Bertz CT molecular complexity index is 1020. The Morgan fingerprint density at radius 3 is 2.52 bits per heavy atom. The van der Waals surface area contributed by atoms with Gasteiger partial charge in [0.1, 0.15) is 5.75 Å². The fraction of sp³-hybridized carbons (Fsp3) is 0.360. The molecule has 4 heteroatoms. The average molecular weight is 389 g/mol. The van der Waals surface area contributed by atoms with Crippen molar-refractivity contribution in [2.45, 2.75) is 46.0 Å². The van der Waals surface area contributed by atoms with Crippen LogP contribution in [0.3, 0.4) is 0 Å². The summed E-state index contributed by atoms with van der Waals surface area (Å²) in [5, 5.41) is 0. The van der Waals surface area contributed by atoms with Crippen molar-refractivity contribution in [1.29, 1.82) is 0 Å². The highest BCUT2D eigenvalue weighted by atomic mass is 16.5. The number of amides is 1. The van der Waals surface area contributed by atoms with E-state index < -0.39 is 0 Å². The number of aryl methyl sites for hydroxylation is 1. The van der Waals surface area contributed by atoms with Gasteiger partial charge in [-0.05, 0) is 36.5 Å². The number of carbonyl (C=O) groups is 2. The van der Waals surface area contributed by atoms with Gasteiger partial charge in [-0.2, -0.15) is 0 Å². The van der Waals surface area contributed by atoms with Crippen LogP contribution >= 0.6 is 0 Å². The van der Waals surface area contributed by atoms with Crippen LogP contribution in [0, 0.1) is 12.3 Å². The molecule has 1 amide bonds.